The Bertz CT molecular complexity index is 311. The van der Waals surface area contributed by atoms with Crippen molar-refractivity contribution in [1.29, 1.82) is 0 Å². The van der Waals surface area contributed by atoms with Crippen molar-refractivity contribution >= 4 is 17.5 Å². The predicted octanol–water partition coefficient (Wildman–Crippen LogP) is 2.98. The summed E-state index contributed by atoms with van der Waals surface area (Å²) in [5, 5.41) is 2.94. The lowest BCUT2D eigenvalue weighted by Crippen LogP contribution is -2.29. The second kappa shape index (κ2) is 8.18. The fourth-order valence-electron chi connectivity index (χ4n) is 1.64. The van der Waals surface area contributed by atoms with Crippen molar-refractivity contribution in [2.45, 2.75) is 32.6 Å². The minimum Gasteiger partial charge on any atom is -0.469 e. The van der Waals surface area contributed by atoms with E-state index in [4.69, 9.17) is 16.0 Å². The van der Waals surface area contributed by atoms with Gasteiger partial charge in [-0.3, -0.25) is 4.79 Å². The second-order valence-corrected chi connectivity index (χ2v) is 4.51. The molecule has 1 heterocycles. The molecule has 1 amide bonds. The van der Waals surface area contributed by atoms with Gasteiger partial charge in [0, 0.05) is 25.3 Å². The normalized spacial score (nSPS) is 12.4. The Kier molecular flexibility index (Phi) is 6.78. The first kappa shape index (κ1) is 14.1. The molecule has 0 aliphatic carbocycles. The number of alkyl halides is 1. The molecule has 0 aliphatic heterocycles. The van der Waals surface area contributed by atoms with Gasteiger partial charge in [-0.1, -0.05) is 13.3 Å². The van der Waals surface area contributed by atoms with Gasteiger partial charge in [-0.05, 0) is 24.5 Å². The largest absolute Gasteiger partial charge is 0.469 e. The van der Waals surface area contributed by atoms with Crippen LogP contribution in [-0.2, 0) is 11.2 Å². The summed E-state index contributed by atoms with van der Waals surface area (Å²) in [4.78, 5) is 11.6. The van der Waals surface area contributed by atoms with E-state index in [0.29, 0.717) is 24.6 Å². The molecule has 0 aliphatic rings. The molecule has 0 saturated heterocycles. The molecule has 0 saturated carbocycles. The van der Waals surface area contributed by atoms with Crippen molar-refractivity contribution < 1.29 is 9.21 Å². The summed E-state index contributed by atoms with van der Waals surface area (Å²) in [6.45, 7) is 2.84. The van der Waals surface area contributed by atoms with Crippen LogP contribution in [0.25, 0.3) is 0 Å². The summed E-state index contributed by atoms with van der Waals surface area (Å²) in [6, 6.07) is 3.72. The Hall–Kier alpha value is -0.960. The van der Waals surface area contributed by atoms with Crippen LogP contribution >= 0.6 is 11.6 Å². The van der Waals surface area contributed by atoms with E-state index in [2.05, 4.69) is 12.2 Å². The van der Waals surface area contributed by atoms with Crippen LogP contribution in [0.1, 0.15) is 31.9 Å². The Morgan fingerprint density at radius 1 is 1.59 bits per heavy atom. The molecule has 0 aromatic carbocycles. The number of amides is 1. The average Bonchev–Trinajstić information content (AvgIpc) is 2.85. The van der Waals surface area contributed by atoms with E-state index in [0.717, 1.165) is 25.1 Å². The molecule has 1 aromatic heterocycles. The lowest BCUT2D eigenvalue weighted by atomic mass is 10.0. The fraction of sp³-hybridized carbons (Fsp3) is 0.615. The highest BCUT2D eigenvalue weighted by Gasteiger charge is 2.08. The topological polar surface area (TPSA) is 42.2 Å². The molecule has 1 unspecified atom stereocenters. The van der Waals surface area contributed by atoms with Crippen molar-refractivity contribution in [2.24, 2.45) is 5.92 Å². The van der Waals surface area contributed by atoms with Crippen molar-refractivity contribution in [3.63, 3.8) is 0 Å². The van der Waals surface area contributed by atoms with E-state index in [1.807, 2.05) is 12.1 Å². The zero-order valence-electron chi connectivity index (χ0n) is 10.2. The van der Waals surface area contributed by atoms with Crippen molar-refractivity contribution in [1.82, 2.24) is 5.32 Å². The van der Waals surface area contributed by atoms with E-state index in [1.54, 1.807) is 6.26 Å². The predicted molar refractivity (Wildman–Crippen MR) is 69.2 cm³/mol. The molecular weight excluding hydrogens is 238 g/mol. The number of furan rings is 1. The van der Waals surface area contributed by atoms with Gasteiger partial charge < -0.3 is 9.73 Å². The molecule has 1 aromatic rings. The zero-order chi connectivity index (χ0) is 12.5. The van der Waals surface area contributed by atoms with Gasteiger partial charge in [-0.25, -0.2) is 0 Å². The molecule has 96 valence electrons. The van der Waals surface area contributed by atoms with Gasteiger partial charge in [0.15, 0.2) is 0 Å². The quantitative estimate of drug-likeness (QED) is 0.728. The number of aryl methyl sites for hydroxylation is 1. The lowest BCUT2D eigenvalue weighted by Gasteiger charge is -2.13. The van der Waals surface area contributed by atoms with Gasteiger partial charge in [0.25, 0.3) is 0 Å². The van der Waals surface area contributed by atoms with E-state index < -0.39 is 0 Å². The van der Waals surface area contributed by atoms with E-state index in [-0.39, 0.29) is 5.91 Å². The van der Waals surface area contributed by atoms with Gasteiger partial charge in [0.1, 0.15) is 5.76 Å². The molecule has 1 rings (SSSR count). The summed E-state index contributed by atoms with van der Waals surface area (Å²) in [7, 11) is 0. The van der Waals surface area contributed by atoms with E-state index in [9.17, 15) is 4.79 Å². The van der Waals surface area contributed by atoms with Crippen molar-refractivity contribution in [2.75, 3.05) is 12.4 Å². The highest BCUT2D eigenvalue weighted by atomic mass is 35.5. The van der Waals surface area contributed by atoms with Crippen LogP contribution in [-0.4, -0.2) is 18.3 Å². The summed E-state index contributed by atoms with van der Waals surface area (Å²) >= 11 is 5.69. The zero-order valence-corrected chi connectivity index (χ0v) is 11.0. The Morgan fingerprint density at radius 2 is 2.41 bits per heavy atom. The van der Waals surface area contributed by atoms with Gasteiger partial charge in [-0.2, -0.15) is 0 Å². The standard InChI is InChI=1S/C13H20ClNO2/c1-2-11(7-8-14)10-15-13(16)6-5-12-4-3-9-17-12/h3-4,9,11H,2,5-8,10H2,1H3,(H,15,16). The molecule has 0 bridgehead atoms. The summed E-state index contributed by atoms with van der Waals surface area (Å²) in [5.74, 6) is 2.07. The minimum absolute atomic E-state index is 0.0782. The van der Waals surface area contributed by atoms with Crippen LogP contribution < -0.4 is 5.32 Å². The van der Waals surface area contributed by atoms with Gasteiger partial charge >= 0.3 is 0 Å². The Morgan fingerprint density at radius 3 is 3.00 bits per heavy atom. The van der Waals surface area contributed by atoms with Crippen LogP contribution in [0, 0.1) is 5.92 Å². The molecule has 1 atom stereocenters. The first-order valence-corrected chi connectivity index (χ1v) is 6.64. The highest BCUT2D eigenvalue weighted by molar-refractivity contribution is 6.17. The lowest BCUT2D eigenvalue weighted by molar-refractivity contribution is -0.121. The maximum absolute atomic E-state index is 11.6. The van der Waals surface area contributed by atoms with Crippen LogP contribution in [0.2, 0.25) is 0 Å². The molecule has 0 spiro atoms. The fourth-order valence-corrected chi connectivity index (χ4v) is 1.95. The first-order valence-electron chi connectivity index (χ1n) is 6.11. The van der Waals surface area contributed by atoms with Crippen molar-refractivity contribution in [3.8, 4) is 0 Å². The third-order valence-electron chi connectivity index (χ3n) is 2.86. The van der Waals surface area contributed by atoms with Crippen LogP contribution in [0.15, 0.2) is 22.8 Å². The van der Waals surface area contributed by atoms with Crippen LogP contribution in [0.5, 0.6) is 0 Å². The molecular formula is C13H20ClNO2. The average molecular weight is 258 g/mol. The molecule has 0 fully saturated rings. The molecule has 1 N–H and O–H groups in total. The Balaban J connectivity index is 2.16. The third-order valence-corrected chi connectivity index (χ3v) is 3.08. The number of halogens is 1. The number of nitrogens with one attached hydrogen (secondary N) is 1. The first-order chi connectivity index (χ1) is 8.26. The van der Waals surface area contributed by atoms with Crippen LogP contribution in [0.4, 0.5) is 0 Å². The summed E-state index contributed by atoms with van der Waals surface area (Å²) < 4.78 is 5.17. The third kappa shape index (κ3) is 5.78. The second-order valence-electron chi connectivity index (χ2n) is 4.14. The number of hydrogen-bond donors (Lipinski definition) is 1. The number of rotatable bonds is 8. The Labute approximate surface area is 108 Å². The van der Waals surface area contributed by atoms with Gasteiger partial charge in [-0.15, -0.1) is 11.6 Å². The van der Waals surface area contributed by atoms with Gasteiger partial charge in [0.05, 0.1) is 6.26 Å². The SMILES string of the molecule is CCC(CCCl)CNC(=O)CCc1ccco1. The number of carbonyl (C=O) groups is 1. The maximum Gasteiger partial charge on any atom is 0.220 e. The summed E-state index contributed by atoms with van der Waals surface area (Å²) in [5.41, 5.74) is 0. The molecule has 3 nitrogen and oxygen atoms in total. The maximum atomic E-state index is 11.6. The van der Waals surface area contributed by atoms with Gasteiger partial charge in [0.2, 0.25) is 5.91 Å². The highest BCUT2D eigenvalue weighted by Crippen LogP contribution is 2.08. The smallest absolute Gasteiger partial charge is 0.220 e. The van der Waals surface area contributed by atoms with E-state index >= 15 is 0 Å². The van der Waals surface area contributed by atoms with Crippen molar-refractivity contribution in [3.05, 3.63) is 24.2 Å². The monoisotopic (exact) mass is 257 g/mol. The molecule has 0 radical (unpaired) electrons. The minimum atomic E-state index is 0.0782. The van der Waals surface area contributed by atoms with E-state index in [1.165, 1.54) is 0 Å². The molecule has 4 heteroatoms. The van der Waals surface area contributed by atoms with Crippen LogP contribution in [0.3, 0.4) is 0 Å². The summed E-state index contributed by atoms with van der Waals surface area (Å²) in [6.07, 6.45) is 4.76. The number of carbonyl (C=O) groups excluding carboxylic acids is 1. The molecule has 17 heavy (non-hydrogen) atoms. The number of hydrogen-bond acceptors (Lipinski definition) is 2.